The highest BCUT2D eigenvalue weighted by Gasteiger charge is 2.20. The summed E-state index contributed by atoms with van der Waals surface area (Å²) in [6.45, 7) is 4.25. The van der Waals surface area contributed by atoms with Crippen molar-refractivity contribution in [3.8, 4) is 0 Å². The van der Waals surface area contributed by atoms with Crippen molar-refractivity contribution in [3.05, 3.63) is 35.9 Å². The van der Waals surface area contributed by atoms with Crippen molar-refractivity contribution in [1.82, 2.24) is 0 Å². The van der Waals surface area contributed by atoms with Gasteiger partial charge in [0.1, 0.15) is 0 Å². The minimum Gasteiger partial charge on any atom is -0.281 e. The molecule has 0 aromatic heterocycles. The average molecular weight is 211 g/mol. The van der Waals surface area contributed by atoms with Gasteiger partial charge in [0.2, 0.25) is 5.24 Å². The van der Waals surface area contributed by atoms with Gasteiger partial charge in [-0.05, 0) is 29.0 Å². The summed E-state index contributed by atoms with van der Waals surface area (Å²) in [4.78, 5) is 10.7. The molecule has 0 fully saturated rings. The van der Waals surface area contributed by atoms with Gasteiger partial charge < -0.3 is 0 Å². The Kier molecular flexibility index (Phi) is 3.70. The van der Waals surface area contributed by atoms with Crippen LogP contribution in [0.25, 0.3) is 0 Å². The van der Waals surface area contributed by atoms with Crippen molar-refractivity contribution < 1.29 is 4.79 Å². The summed E-state index contributed by atoms with van der Waals surface area (Å²) in [6, 6.07) is 10.2. The fraction of sp³-hybridized carbons (Fsp3) is 0.417. The molecule has 2 heteroatoms. The Labute approximate surface area is 90.1 Å². The quantitative estimate of drug-likeness (QED) is 0.696. The summed E-state index contributed by atoms with van der Waals surface area (Å²) in [7, 11) is 0. The largest absolute Gasteiger partial charge is 0.281 e. The molecule has 0 saturated heterocycles. The molecule has 1 aromatic carbocycles. The van der Waals surface area contributed by atoms with Crippen LogP contribution >= 0.6 is 11.6 Å². The molecule has 0 aliphatic heterocycles. The van der Waals surface area contributed by atoms with Crippen molar-refractivity contribution in [2.75, 3.05) is 0 Å². The van der Waals surface area contributed by atoms with Gasteiger partial charge in [0.25, 0.3) is 0 Å². The van der Waals surface area contributed by atoms with Crippen LogP contribution < -0.4 is 0 Å². The van der Waals surface area contributed by atoms with E-state index in [4.69, 9.17) is 11.6 Å². The molecule has 0 unspecified atom stereocenters. The molecule has 0 spiro atoms. The minimum absolute atomic E-state index is 0.0197. The molecular weight excluding hydrogens is 196 g/mol. The third-order valence-electron chi connectivity index (χ3n) is 2.50. The first-order chi connectivity index (χ1) is 6.52. The van der Waals surface area contributed by atoms with E-state index < -0.39 is 0 Å². The Hall–Kier alpha value is -0.820. The molecule has 0 radical (unpaired) electrons. The van der Waals surface area contributed by atoms with Crippen LogP contribution in [0.1, 0.15) is 32.3 Å². The second kappa shape index (κ2) is 4.61. The van der Waals surface area contributed by atoms with E-state index in [1.54, 1.807) is 0 Å². The number of benzene rings is 1. The number of carbonyl (C=O) groups is 1. The predicted molar refractivity (Wildman–Crippen MR) is 59.6 cm³/mol. The molecule has 1 nitrogen and oxygen atoms in total. The van der Waals surface area contributed by atoms with Crippen molar-refractivity contribution in [2.45, 2.75) is 32.1 Å². The zero-order chi connectivity index (χ0) is 10.6. The summed E-state index contributed by atoms with van der Waals surface area (Å²) in [5.74, 6) is 0. The third-order valence-corrected chi connectivity index (χ3v) is 2.69. The van der Waals surface area contributed by atoms with Crippen LogP contribution in [0.3, 0.4) is 0 Å². The maximum atomic E-state index is 10.7. The Balaban J connectivity index is 2.70. The van der Waals surface area contributed by atoms with Gasteiger partial charge in [-0.2, -0.15) is 0 Å². The molecule has 76 valence electrons. The molecule has 0 N–H and O–H groups in total. The van der Waals surface area contributed by atoms with Gasteiger partial charge in [-0.25, -0.2) is 0 Å². The van der Waals surface area contributed by atoms with Gasteiger partial charge >= 0.3 is 0 Å². The first kappa shape index (κ1) is 11.3. The molecule has 0 amide bonds. The molecule has 0 saturated carbocycles. The lowest BCUT2D eigenvalue weighted by Crippen LogP contribution is -2.17. The maximum Gasteiger partial charge on any atom is 0.221 e. The average Bonchev–Trinajstić information content (AvgIpc) is 2.16. The number of hydrogen-bond donors (Lipinski definition) is 0. The lowest BCUT2D eigenvalue weighted by molar-refractivity contribution is -0.112. The highest BCUT2D eigenvalue weighted by Crippen LogP contribution is 2.28. The topological polar surface area (TPSA) is 17.1 Å². The first-order valence-electron chi connectivity index (χ1n) is 4.76. The molecule has 0 aliphatic carbocycles. The van der Waals surface area contributed by atoms with E-state index in [2.05, 4.69) is 26.0 Å². The summed E-state index contributed by atoms with van der Waals surface area (Å²) in [5.41, 5.74) is 1.27. The monoisotopic (exact) mass is 210 g/mol. The standard InChI is InChI=1S/C12H15ClO/c1-12(2,9-8-11(13)14)10-6-4-3-5-7-10/h3-7H,8-9H2,1-2H3. The Bertz CT molecular complexity index is 303. The van der Waals surface area contributed by atoms with E-state index in [1.807, 2.05) is 18.2 Å². The molecule has 1 rings (SSSR count). The van der Waals surface area contributed by atoms with E-state index >= 15 is 0 Å². The molecule has 14 heavy (non-hydrogen) atoms. The van der Waals surface area contributed by atoms with Crippen LogP contribution in [0.2, 0.25) is 0 Å². The van der Waals surface area contributed by atoms with Crippen LogP contribution in [-0.4, -0.2) is 5.24 Å². The van der Waals surface area contributed by atoms with Crippen molar-refractivity contribution >= 4 is 16.8 Å². The number of rotatable bonds is 4. The smallest absolute Gasteiger partial charge is 0.221 e. The second-order valence-corrected chi connectivity index (χ2v) is 4.53. The Morgan fingerprint density at radius 2 is 1.86 bits per heavy atom. The van der Waals surface area contributed by atoms with Gasteiger partial charge in [0.05, 0.1) is 0 Å². The minimum atomic E-state index is -0.256. The highest BCUT2D eigenvalue weighted by atomic mass is 35.5. The summed E-state index contributed by atoms with van der Waals surface area (Å²) in [6.07, 6.45) is 1.22. The van der Waals surface area contributed by atoms with Crippen LogP contribution in [0.15, 0.2) is 30.3 Å². The zero-order valence-corrected chi connectivity index (χ0v) is 9.34. The van der Waals surface area contributed by atoms with Gasteiger partial charge in [-0.3, -0.25) is 4.79 Å². The molecule has 1 aromatic rings. The van der Waals surface area contributed by atoms with E-state index in [1.165, 1.54) is 5.56 Å². The Morgan fingerprint density at radius 1 is 1.29 bits per heavy atom. The molecule has 0 aliphatic rings. The van der Waals surface area contributed by atoms with Crippen molar-refractivity contribution in [2.24, 2.45) is 0 Å². The Morgan fingerprint density at radius 3 is 2.36 bits per heavy atom. The van der Waals surface area contributed by atoms with Crippen LogP contribution in [0.5, 0.6) is 0 Å². The van der Waals surface area contributed by atoms with Gasteiger partial charge in [0.15, 0.2) is 0 Å². The summed E-state index contributed by atoms with van der Waals surface area (Å²) < 4.78 is 0. The fourth-order valence-corrected chi connectivity index (χ4v) is 1.54. The second-order valence-electron chi connectivity index (χ2n) is 4.11. The van der Waals surface area contributed by atoms with E-state index in [0.29, 0.717) is 6.42 Å². The molecule has 0 atom stereocenters. The summed E-state index contributed by atoms with van der Waals surface area (Å²) >= 11 is 5.33. The number of halogens is 1. The SMILES string of the molecule is CC(C)(CCC(=O)Cl)c1ccccc1. The number of hydrogen-bond acceptors (Lipinski definition) is 1. The van der Waals surface area contributed by atoms with E-state index in [9.17, 15) is 4.79 Å². The zero-order valence-electron chi connectivity index (χ0n) is 8.59. The fourth-order valence-electron chi connectivity index (χ4n) is 1.44. The van der Waals surface area contributed by atoms with E-state index in [0.717, 1.165) is 6.42 Å². The number of carbonyl (C=O) groups excluding carboxylic acids is 1. The lowest BCUT2D eigenvalue weighted by Gasteiger charge is -2.24. The van der Waals surface area contributed by atoms with Gasteiger partial charge in [0, 0.05) is 6.42 Å². The highest BCUT2D eigenvalue weighted by molar-refractivity contribution is 6.63. The van der Waals surface area contributed by atoms with Crippen LogP contribution in [-0.2, 0) is 10.2 Å². The van der Waals surface area contributed by atoms with Crippen molar-refractivity contribution in [3.63, 3.8) is 0 Å². The van der Waals surface area contributed by atoms with E-state index in [-0.39, 0.29) is 10.7 Å². The summed E-state index contributed by atoms with van der Waals surface area (Å²) in [5, 5.41) is -0.256. The van der Waals surface area contributed by atoms with Crippen LogP contribution in [0, 0.1) is 0 Å². The first-order valence-corrected chi connectivity index (χ1v) is 5.14. The normalized spacial score (nSPS) is 11.4. The molecule has 0 heterocycles. The molecular formula is C12H15ClO. The maximum absolute atomic E-state index is 10.7. The van der Waals surface area contributed by atoms with Gasteiger partial charge in [-0.15, -0.1) is 0 Å². The van der Waals surface area contributed by atoms with Gasteiger partial charge in [-0.1, -0.05) is 44.2 Å². The van der Waals surface area contributed by atoms with Crippen molar-refractivity contribution in [1.29, 1.82) is 0 Å². The van der Waals surface area contributed by atoms with Crippen LogP contribution in [0.4, 0.5) is 0 Å². The lowest BCUT2D eigenvalue weighted by atomic mass is 9.81. The third kappa shape index (κ3) is 3.15. The molecule has 0 bridgehead atoms. The predicted octanol–water partition coefficient (Wildman–Crippen LogP) is 3.51.